The first-order valence-electron chi connectivity index (χ1n) is 13.7. The second kappa shape index (κ2) is 12.5. The zero-order valence-corrected chi connectivity index (χ0v) is 23.2. The first kappa shape index (κ1) is 26.9. The van der Waals surface area contributed by atoms with E-state index in [2.05, 4.69) is 19.8 Å². The highest BCUT2D eigenvalue weighted by atomic mass is 35.5. The third-order valence-corrected chi connectivity index (χ3v) is 7.83. The highest BCUT2D eigenvalue weighted by molar-refractivity contribution is 6.34. The van der Waals surface area contributed by atoms with Gasteiger partial charge in [-0.3, -0.25) is 9.59 Å². The lowest BCUT2D eigenvalue weighted by Crippen LogP contribution is -2.39. The molecule has 0 N–H and O–H groups in total. The van der Waals surface area contributed by atoms with Gasteiger partial charge in [-0.05, 0) is 61.6 Å². The Balaban J connectivity index is 1.50. The normalized spacial score (nSPS) is 16.9. The monoisotopic (exact) mass is 546 g/mol. The molecular weight excluding hydrogens is 512 g/mol. The lowest BCUT2D eigenvalue weighted by Gasteiger charge is -2.30. The summed E-state index contributed by atoms with van der Waals surface area (Å²) in [5.74, 6) is 0.455. The Morgan fingerprint density at radius 2 is 1.54 bits per heavy atom. The minimum absolute atomic E-state index is 0.0284. The summed E-state index contributed by atoms with van der Waals surface area (Å²) in [4.78, 5) is 43.8. The van der Waals surface area contributed by atoms with Crippen LogP contribution in [0.3, 0.4) is 0 Å². The number of halogens is 1. The average Bonchev–Trinajstić information content (AvgIpc) is 3.00. The van der Waals surface area contributed by atoms with Crippen molar-refractivity contribution in [2.45, 2.75) is 39.2 Å². The van der Waals surface area contributed by atoms with E-state index in [-0.39, 0.29) is 11.8 Å². The number of nitrogens with zero attached hydrogens (tertiary/aromatic N) is 6. The van der Waals surface area contributed by atoms with E-state index in [0.717, 1.165) is 49.3 Å². The van der Waals surface area contributed by atoms with Gasteiger partial charge in [-0.25, -0.2) is 9.97 Å². The topological polar surface area (TPSA) is 72.9 Å². The summed E-state index contributed by atoms with van der Waals surface area (Å²) in [5, 5.41) is 0.442. The minimum Gasteiger partial charge on any atom is -0.372 e. The Morgan fingerprint density at radius 1 is 0.795 bits per heavy atom. The number of amides is 2. The van der Waals surface area contributed by atoms with Gasteiger partial charge in [0, 0.05) is 76.5 Å². The number of carbonyl (C=O) groups is 2. The van der Waals surface area contributed by atoms with Crippen LogP contribution in [0.5, 0.6) is 0 Å². The summed E-state index contributed by atoms with van der Waals surface area (Å²) >= 11 is 6.65. The molecule has 9 heteroatoms. The molecule has 0 aliphatic carbocycles. The van der Waals surface area contributed by atoms with Crippen molar-refractivity contribution in [3.05, 3.63) is 77.1 Å². The fourth-order valence-corrected chi connectivity index (χ4v) is 5.64. The fraction of sp³-hybridized carbons (Fsp3) is 0.400. The second-order valence-corrected chi connectivity index (χ2v) is 10.5. The fourth-order valence-electron chi connectivity index (χ4n) is 5.44. The summed E-state index contributed by atoms with van der Waals surface area (Å²) in [6.45, 7) is 6.14. The van der Waals surface area contributed by atoms with Gasteiger partial charge >= 0.3 is 0 Å². The molecule has 0 saturated carbocycles. The minimum atomic E-state index is -0.129. The predicted octanol–water partition coefficient (Wildman–Crippen LogP) is 5.03. The van der Waals surface area contributed by atoms with Crippen LogP contribution >= 0.6 is 11.6 Å². The Labute approximate surface area is 235 Å². The molecule has 2 amide bonds. The smallest absolute Gasteiger partial charge is 0.255 e. The number of aromatic nitrogens is 2. The molecule has 8 nitrogen and oxygen atoms in total. The number of carbonyl (C=O) groups excluding carboxylic acids is 2. The first-order valence-corrected chi connectivity index (χ1v) is 14.1. The number of para-hydroxylation sites is 1. The van der Waals surface area contributed by atoms with Gasteiger partial charge in [0.2, 0.25) is 11.9 Å². The lowest BCUT2D eigenvalue weighted by atomic mass is 10.1. The molecule has 1 fully saturated rings. The van der Waals surface area contributed by atoms with Crippen molar-refractivity contribution in [1.29, 1.82) is 0 Å². The van der Waals surface area contributed by atoms with Gasteiger partial charge < -0.3 is 19.6 Å². The standard InChI is InChI=1S/C30H35ClN6O2/c1-23(38)37-18-8-17-35(30-32-13-7-14-33-30)19-20-36(22-24-9-3-4-10-28(24)37)29(39)26-21-25(11-12-27(26)31)34-15-5-2-6-16-34/h3-4,7,9-14,21H,2,5-6,8,15-20,22H2,1H3. The van der Waals surface area contributed by atoms with E-state index in [1.165, 1.54) is 6.42 Å². The number of hydrogen-bond acceptors (Lipinski definition) is 6. The molecule has 3 heterocycles. The molecule has 39 heavy (non-hydrogen) atoms. The summed E-state index contributed by atoms with van der Waals surface area (Å²) < 4.78 is 0. The largest absolute Gasteiger partial charge is 0.372 e. The number of piperidine rings is 1. The van der Waals surface area contributed by atoms with Gasteiger partial charge in [0.15, 0.2) is 0 Å². The average molecular weight is 547 g/mol. The molecule has 204 valence electrons. The van der Waals surface area contributed by atoms with Crippen LogP contribution in [0.1, 0.15) is 48.5 Å². The lowest BCUT2D eigenvalue weighted by molar-refractivity contribution is -0.116. The van der Waals surface area contributed by atoms with Crippen molar-refractivity contribution in [2.75, 3.05) is 54.0 Å². The maximum atomic E-state index is 14.2. The molecule has 0 spiro atoms. The van der Waals surface area contributed by atoms with E-state index in [0.29, 0.717) is 49.3 Å². The van der Waals surface area contributed by atoms with Gasteiger partial charge in [-0.2, -0.15) is 0 Å². The molecule has 5 rings (SSSR count). The molecule has 2 aliphatic rings. The Kier molecular flexibility index (Phi) is 8.61. The van der Waals surface area contributed by atoms with Crippen molar-refractivity contribution in [1.82, 2.24) is 14.9 Å². The third-order valence-electron chi connectivity index (χ3n) is 7.50. The summed E-state index contributed by atoms with van der Waals surface area (Å²) in [5.41, 5.74) is 3.29. The molecule has 0 radical (unpaired) electrons. The number of benzene rings is 2. The van der Waals surface area contributed by atoms with E-state index in [1.807, 2.05) is 47.4 Å². The van der Waals surface area contributed by atoms with E-state index < -0.39 is 0 Å². The first-order chi connectivity index (χ1) is 19.0. The zero-order valence-electron chi connectivity index (χ0n) is 22.4. The van der Waals surface area contributed by atoms with Gasteiger partial charge in [0.05, 0.1) is 10.6 Å². The molecule has 2 aliphatic heterocycles. The molecule has 3 aromatic rings. The maximum absolute atomic E-state index is 14.2. The Hall–Kier alpha value is -3.65. The summed E-state index contributed by atoms with van der Waals surface area (Å²) in [6.07, 6.45) is 7.73. The summed E-state index contributed by atoms with van der Waals surface area (Å²) in [6, 6.07) is 15.4. The highest BCUT2D eigenvalue weighted by Gasteiger charge is 2.25. The van der Waals surface area contributed by atoms with Crippen LogP contribution in [0.4, 0.5) is 17.3 Å². The molecule has 2 aromatic carbocycles. The van der Waals surface area contributed by atoms with Crippen LogP contribution in [-0.4, -0.2) is 66.0 Å². The van der Waals surface area contributed by atoms with Crippen LogP contribution in [0, 0.1) is 0 Å². The molecule has 0 bridgehead atoms. The van der Waals surface area contributed by atoms with Crippen molar-refractivity contribution in [2.24, 2.45) is 0 Å². The summed E-state index contributed by atoms with van der Waals surface area (Å²) in [7, 11) is 0. The number of fused-ring (bicyclic) bond motifs is 1. The van der Waals surface area contributed by atoms with Crippen molar-refractivity contribution < 1.29 is 9.59 Å². The quantitative estimate of drug-likeness (QED) is 0.459. The van der Waals surface area contributed by atoms with Crippen LogP contribution in [0.2, 0.25) is 5.02 Å². The van der Waals surface area contributed by atoms with Gasteiger partial charge in [-0.1, -0.05) is 29.8 Å². The van der Waals surface area contributed by atoms with Crippen LogP contribution in [0.15, 0.2) is 60.9 Å². The number of rotatable bonds is 3. The van der Waals surface area contributed by atoms with Crippen LogP contribution in [-0.2, 0) is 11.3 Å². The Morgan fingerprint density at radius 3 is 2.31 bits per heavy atom. The number of anilines is 3. The van der Waals surface area contributed by atoms with E-state index in [4.69, 9.17) is 11.6 Å². The predicted molar refractivity (Wildman–Crippen MR) is 156 cm³/mol. The van der Waals surface area contributed by atoms with E-state index in [1.54, 1.807) is 30.3 Å². The van der Waals surface area contributed by atoms with Gasteiger partial charge in [0.25, 0.3) is 5.91 Å². The zero-order chi connectivity index (χ0) is 27.2. The highest BCUT2D eigenvalue weighted by Crippen LogP contribution is 2.29. The van der Waals surface area contributed by atoms with Crippen molar-refractivity contribution in [3.8, 4) is 0 Å². The van der Waals surface area contributed by atoms with Crippen molar-refractivity contribution >= 4 is 40.7 Å². The van der Waals surface area contributed by atoms with Crippen LogP contribution < -0.4 is 14.7 Å². The Bertz CT molecular complexity index is 1300. The molecule has 0 unspecified atom stereocenters. The second-order valence-electron chi connectivity index (χ2n) is 10.1. The third kappa shape index (κ3) is 6.33. The molecular formula is C30H35ClN6O2. The molecule has 0 atom stereocenters. The SMILES string of the molecule is CC(=O)N1CCCN(c2ncccn2)CCN(C(=O)c2cc(N3CCCCC3)ccc2Cl)Cc2ccccc21. The molecule has 1 saturated heterocycles. The van der Waals surface area contributed by atoms with Crippen LogP contribution in [0.25, 0.3) is 0 Å². The maximum Gasteiger partial charge on any atom is 0.255 e. The van der Waals surface area contributed by atoms with E-state index >= 15 is 0 Å². The molecule has 1 aromatic heterocycles. The van der Waals surface area contributed by atoms with Gasteiger partial charge in [0.1, 0.15) is 0 Å². The van der Waals surface area contributed by atoms with E-state index in [9.17, 15) is 9.59 Å². The van der Waals surface area contributed by atoms with Crippen molar-refractivity contribution in [3.63, 3.8) is 0 Å². The number of hydrogen-bond donors (Lipinski definition) is 0. The van der Waals surface area contributed by atoms with Gasteiger partial charge in [-0.15, -0.1) is 0 Å².